The quantitative estimate of drug-likeness (QED) is 0.0752. The number of nitrogens with zero attached hydrogens (tertiary/aromatic N) is 6. The van der Waals surface area contributed by atoms with Crippen molar-refractivity contribution in [3.63, 3.8) is 0 Å². The molecule has 0 saturated carbocycles. The molecule has 616 valence electrons. The SMILES string of the molecule is c1ccc(N(c2ccccc2)c2cccc(-c3ccc(N(c4ccc5c(c4)sc4ccc(N(c6ccccc6)c6ccccc6)cc45)c4ccc5sc6ccccc6c5c4)cc3)c2)cc1.c1ccc(N(c2ccccc2)c2cccc(-c3ccc(N(c4ccc5c(c4)sc4ccccc45)c4ccc5c(c4)sc4ccc(N(c6ccccc6)c6ccccc6)cc45)cc3)c2)cc1. The van der Waals surface area contributed by atoms with Gasteiger partial charge in [0, 0.05) is 183 Å². The smallest absolute Gasteiger partial charge is 0.0476 e. The number of hydrogen-bond acceptors (Lipinski definition) is 10. The Kier molecular flexibility index (Phi) is 21.1. The van der Waals surface area contributed by atoms with Crippen molar-refractivity contribution < 1.29 is 0 Å². The predicted molar refractivity (Wildman–Crippen MR) is 563 cm³/mol. The molecule has 0 radical (unpaired) electrons. The molecule has 24 rings (SSSR count). The van der Waals surface area contributed by atoms with Crippen LogP contribution in [0, 0.1) is 0 Å². The first-order valence-corrected chi connectivity index (χ1v) is 47.1. The van der Waals surface area contributed by atoms with Crippen molar-refractivity contribution >= 4 is 228 Å². The van der Waals surface area contributed by atoms with Gasteiger partial charge in [-0.15, -0.1) is 45.3 Å². The first kappa shape index (κ1) is 78.8. The van der Waals surface area contributed by atoms with E-state index in [-0.39, 0.29) is 0 Å². The fourth-order valence-electron chi connectivity index (χ4n) is 18.3. The van der Waals surface area contributed by atoms with Gasteiger partial charge in [-0.2, -0.15) is 0 Å². The molecule has 0 atom stereocenters. The predicted octanol–water partition coefficient (Wildman–Crippen LogP) is 37.0. The first-order chi connectivity index (χ1) is 64.4. The van der Waals surface area contributed by atoms with Gasteiger partial charge < -0.3 is 29.4 Å². The van der Waals surface area contributed by atoms with Gasteiger partial charge >= 0.3 is 0 Å². The molecule has 0 fully saturated rings. The molecular formula is C120H82N6S4. The van der Waals surface area contributed by atoms with Crippen molar-refractivity contribution in [2.75, 3.05) is 29.4 Å². The van der Waals surface area contributed by atoms with E-state index in [1.54, 1.807) is 0 Å². The van der Waals surface area contributed by atoms with E-state index < -0.39 is 0 Å². The Balaban J connectivity index is 0.000000148. The van der Waals surface area contributed by atoms with E-state index >= 15 is 0 Å². The molecule has 130 heavy (non-hydrogen) atoms. The van der Waals surface area contributed by atoms with Crippen LogP contribution in [0.4, 0.5) is 102 Å². The van der Waals surface area contributed by atoms with Gasteiger partial charge in [-0.3, -0.25) is 0 Å². The Morgan fingerprint density at radius 3 is 0.577 bits per heavy atom. The molecule has 6 nitrogen and oxygen atoms in total. The van der Waals surface area contributed by atoms with E-state index in [2.05, 4.69) is 527 Å². The van der Waals surface area contributed by atoms with Gasteiger partial charge in [-0.25, -0.2) is 0 Å². The highest BCUT2D eigenvalue weighted by Crippen LogP contribution is 2.50. The standard InChI is InChI=1S/2C60H41N3S2/c1-5-17-44(18-6-1)61(45-19-7-2-8-20-45)49-25-15-16-43(38-49)42-28-30-48(31-29-42)63(51-34-36-58-55(40-51)53-26-13-14-27-57(53)64-58)52-32-35-54-56-39-50(33-37-59(56)65-60(54)41-52)62(46-21-9-3-10-22-46)47-23-11-4-12-24-47;1-5-17-44(18-6-1)61(45-19-7-2-8-20-45)49-25-15-16-43(38-49)42-28-30-48(31-29-42)63(51-32-35-54-53-26-13-14-27-57(53)64-59(54)40-51)52-33-36-55-56-39-50(34-37-58(56)65-60(55)41-52)62(46-21-9-3-10-22-46)47-23-11-4-12-24-47/h2*1-41H. The molecule has 24 aromatic rings. The Labute approximate surface area is 771 Å². The third-order valence-corrected chi connectivity index (χ3v) is 28.9. The number of thiophene rings is 4. The molecule has 0 aliphatic heterocycles. The minimum Gasteiger partial charge on any atom is -0.310 e. The van der Waals surface area contributed by atoms with E-state index in [9.17, 15) is 0 Å². The zero-order chi connectivity index (χ0) is 86.2. The molecular weight excluding hydrogens is 1650 g/mol. The topological polar surface area (TPSA) is 19.4 Å². The lowest BCUT2D eigenvalue weighted by Gasteiger charge is -2.26. The van der Waals surface area contributed by atoms with Gasteiger partial charge in [0.25, 0.3) is 0 Å². The molecule has 0 amide bonds. The fourth-order valence-corrected chi connectivity index (χ4v) is 22.8. The lowest BCUT2D eigenvalue weighted by molar-refractivity contribution is 1.28. The Morgan fingerprint density at radius 1 is 0.100 bits per heavy atom. The number of benzene rings is 20. The average Bonchev–Trinajstić information content (AvgIpc) is 1.60. The van der Waals surface area contributed by atoms with Crippen LogP contribution in [0.5, 0.6) is 0 Å². The molecule has 0 bridgehead atoms. The number of hydrogen-bond donors (Lipinski definition) is 0. The summed E-state index contributed by atoms with van der Waals surface area (Å²) in [5.74, 6) is 0. The summed E-state index contributed by atoms with van der Waals surface area (Å²) in [4.78, 5) is 14.1. The molecule has 0 N–H and O–H groups in total. The molecule has 4 aromatic heterocycles. The summed E-state index contributed by atoms with van der Waals surface area (Å²) in [6.07, 6.45) is 0. The van der Waals surface area contributed by atoms with Gasteiger partial charge in [0.05, 0.1) is 0 Å². The number of para-hydroxylation sites is 8. The van der Waals surface area contributed by atoms with Crippen LogP contribution in [0.1, 0.15) is 0 Å². The summed E-state index contributed by atoms with van der Waals surface area (Å²) in [7, 11) is 0. The largest absolute Gasteiger partial charge is 0.310 e. The molecule has 0 aliphatic carbocycles. The lowest BCUT2D eigenvalue weighted by Crippen LogP contribution is -2.10. The Morgan fingerprint density at radius 2 is 0.285 bits per heavy atom. The lowest BCUT2D eigenvalue weighted by atomic mass is 10.0. The molecule has 0 spiro atoms. The van der Waals surface area contributed by atoms with Crippen LogP contribution in [0.3, 0.4) is 0 Å². The second-order valence-corrected chi connectivity index (χ2v) is 36.7. The summed E-state index contributed by atoms with van der Waals surface area (Å²) in [6, 6.07) is 180. The highest BCUT2D eigenvalue weighted by atomic mass is 32.1. The maximum absolute atomic E-state index is 2.42. The highest BCUT2D eigenvalue weighted by molar-refractivity contribution is 7.27. The van der Waals surface area contributed by atoms with Crippen molar-refractivity contribution in [3.8, 4) is 22.3 Å². The molecule has 4 heterocycles. The summed E-state index contributed by atoms with van der Waals surface area (Å²) in [5, 5.41) is 10.2. The average molecular weight is 1740 g/mol. The molecule has 20 aromatic carbocycles. The van der Waals surface area contributed by atoms with Gasteiger partial charge in [0.1, 0.15) is 0 Å². The zero-order valence-corrected chi connectivity index (χ0v) is 73.9. The monoisotopic (exact) mass is 1730 g/mol. The Hall–Kier alpha value is -15.9. The minimum absolute atomic E-state index is 1.10. The van der Waals surface area contributed by atoms with Crippen molar-refractivity contribution in [1.29, 1.82) is 0 Å². The van der Waals surface area contributed by atoms with Crippen LogP contribution < -0.4 is 29.4 Å². The third-order valence-electron chi connectivity index (χ3n) is 24.4. The number of anilines is 18. The van der Waals surface area contributed by atoms with Crippen LogP contribution in [0.15, 0.2) is 497 Å². The van der Waals surface area contributed by atoms with E-state index in [4.69, 9.17) is 0 Å². The summed E-state index contributed by atoms with van der Waals surface area (Å²) < 4.78 is 10.2. The second kappa shape index (κ2) is 34.8. The first-order valence-electron chi connectivity index (χ1n) is 43.8. The van der Waals surface area contributed by atoms with Crippen molar-refractivity contribution in [3.05, 3.63) is 497 Å². The zero-order valence-electron chi connectivity index (χ0n) is 70.7. The molecule has 10 heteroatoms. The van der Waals surface area contributed by atoms with Crippen LogP contribution in [0.2, 0.25) is 0 Å². The normalized spacial score (nSPS) is 11.4. The number of fused-ring (bicyclic) bond motifs is 12. The molecule has 0 saturated heterocycles. The molecule has 0 unspecified atom stereocenters. The second-order valence-electron chi connectivity index (χ2n) is 32.4. The van der Waals surface area contributed by atoms with Gasteiger partial charge in [0.2, 0.25) is 0 Å². The van der Waals surface area contributed by atoms with E-state index in [0.29, 0.717) is 0 Å². The van der Waals surface area contributed by atoms with Crippen LogP contribution >= 0.6 is 45.3 Å². The summed E-state index contributed by atoms with van der Waals surface area (Å²) in [6.45, 7) is 0. The maximum atomic E-state index is 2.42. The van der Waals surface area contributed by atoms with E-state index in [0.717, 1.165) is 125 Å². The van der Waals surface area contributed by atoms with Gasteiger partial charge in [-0.05, 0) is 271 Å². The fraction of sp³-hybridized carbons (Fsp3) is 0. The third kappa shape index (κ3) is 15.4. The van der Waals surface area contributed by atoms with Crippen LogP contribution in [-0.4, -0.2) is 0 Å². The van der Waals surface area contributed by atoms with E-state index in [1.807, 2.05) is 45.3 Å². The van der Waals surface area contributed by atoms with E-state index in [1.165, 1.54) is 80.7 Å². The summed E-state index contributed by atoms with van der Waals surface area (Å²) in [5.41, 5.74) is 24.8. The van der Waals surface area contributed by atoms with Gasteiger partial charge in [-0.1, -0.05) is 249 Å². The highest BCUT2D eigenvalue weighted by Gasteiger charge is 2.24. The summed E-state index contributed by atoms with van der Waals surface area (Å²) >= 11 is 7.42. The Bertz CT molecular complexity index is 8010. The van der Waals surface area contributed by atoms with Crippen molar-refractivity contribution in [2.24, 2.45) is 0 Å². The van der Waals surface area contributed by atoms with Crippen LogP contribution in [-0.2, 0) is 0 Å². The van der Waals surface area contributed by atoms with Gasteiger partial charge in [0.15, 0.2) is 0 Å². The number of rotatable bonds is 20. The van der Waals surface area contributed by atoms with Crippen molar-refractivity contribution in [2.45, 2.75) is 0 Å². The van der Waals surface area contributed by atoms with Crippen molar-refractivity contribution in [1.82, 2.24) is 0 Å². The molecule has 0 aliphatic rings. The maximum Gasteiger partial charge on any atom is 0.0476 e. The minimum atomic E-state index is 1.10. The van der Waals surface area contributed by atoms with Crippen LogP contribution in [0.25, 0.3) is 103 Å².